The van der Waals surface area contributed by atoms with E-state index in [4.69, 9.17) is 11.6 Å². The number of hydrogen-bond donors (Lipinski definition) is 2. The van der Waals surface area contributed by atoms with Crippen molar-refractivity contribution in [3.63, 3.8) is 0 Å². The summed E-state index contributed by atoms with van der Waals surface area (Å²) in [7, 11) is -3.16. The maximum Gasteiger partial charge on any atom is 0.211 e. The first kappa shape index (κ1) is 15.3. The summed E-state index contributed by atoms with van der Waals surface area (Å²) in [5.74, 6) is 0.466. The first-order chi connectivity index (χ1) is 9.05. The number of piperidine rings is 1. The second-order valence-corrected chi connectivity index (χ2v) is 8.50. The van der Waals surface area contributed by atoms with Crippen LogP contribution < -0.4 is 10.0 Å². The van der Waals surface area contributed by atoms with Crippen LogP contribution in [0.3, 0.4) is 0 Å². The molecule has 1 aromatic heterocycles. The highest BCUT2D eigenvalue weighted by molar-refractivity contribution is 7.89. The van der Waals surface area contributed by atoms with Crippen molar-refractivity contribution in [2.24, 2.45) is 5.92 Å². The Balaban J connectivity index is 1.74. The third kappa shape index (κ3) is 5.39. The van der Waals surface area contributed by atoms with E-state index in [1.165, 1.54) is 11.3 Å². The third-order valence-corrected chi connectivity index (χ3v) is 6.02. The van der Waals surface area contributed by atoms with Crippen LogP contribution in [0.15, 0.2) is 12.1 Å². The van der Waals surface area contributed by atoms with Crippen LogP contribution in [-0.4, -0.2) is 33.8 Å². The maximum atomic E-state index is 11.9. The van der Waals surface area contributed by atoms with Gasteiger partial charge in [-0.3, -0.25) is 0 Å². The van der Waals surface area contributed by atoms with E-state index in [2.05, 4.69) is 10.0 Å². The molecule has 0 bridgehead atoms. The Bertz CT molecular complexity index is 496. The highest BCUT2D eigenvalue weighted by Crippen LogP contribution is 2.21. The van der Waals surface area contributed by atoms with Gasteiger partial charge in [-0.1, -0.05) is 11.6 Å². The Hall–Kier alpha value is -0.140. The molecule has 1 aliphatic heterocycles. The lowest BCUT2D eigenvalue weighted by Gasteiger charge is -2.22. The van der Waals surface area contributed by atoms with Gasteiger partial charge in [0.2, 0.25) is 10.0 Å². The van der Waals surface area contributed by atoms with E-state index in [1.807, 2.05) is 12.1 Å². The molecule has 2 heterocycles. The van der Waals surface area contributed by atoms with E-state index < -0.39 is 10.0 Å². The summed E-state index contributed by atoms with van der Waals surface area (Å²) < 4.78 is 27.3. The van der Waals surface area contributed by atoms with Crippen molar-refractivity contribution >= 4 is 33.0 Å². The van der Waals surface area contributed by atoms with Crippen molar-refractivity contribution in [3.05, 3.63) is 21.3 Å². The van der Waals surface area contributed by atoms with E-state index >= 15 is 0 Å². The molecule has 7 heteroatoms. The lowest BCUT2D eigenvalue weighted by Crippen LogP contribution is -2.38. The zero-order chi connectivity index (χ0) is 13.7. The lowest BCUT2D eigenvalue weighted by molar-refractivity contribution is 0.403. The van der Waals surface area contributed by atoms with Gasteiger partial charge in [0.15, 0.2) is 0 Å². The van der Waals surface area contributed by atoms with Crippen molar-refractivity contribution in [2.45, 2.75) is 19.3 Å². The van der Waals surface area contributed by atoms with E-state index in [9.17, 15) is 8.42 Å². The minimum Gasteiger partial charge on any atom is -0.316 e. The highest BCUT2D eigenvalue weighted by Gasteiger charge is 2.20. The smallest absolute Gasteiger partial charge is 0.211 e. The number of rotatable bonds is 6. The number of thiophene rings is 1. The van der Waals surface area contributed by atoms with Crippen molar-refractivity contribution in [1.29, 1.82) is 0 Å². The summed E-state index contributed by atoms with van der Waals surface area (Å²) in [6, 6.07) is 3.77. The normalized spacial score (nSPS) is 20.6. The predicted octanol–water partition coefficient (Wildman–Crippen LogP) is 1.86. The molecule has 1 atom stereocenters. The topological polar surface area (TPSA) is 58.2 Å². The molecule has 2 rings (SSSR count). The van der Waals surface area contributed by atoms with Gasteiger partial charge in [0, 0.05) is 11.4 Å². The fourth-order valence-electron chi connectivity index (χ4n) is 2.25. The monoisotopic (exact) mass is 322 g/mol. The van der Waals surface area contributed by atoms with Crippen LogP contribution in [0, 0.1) is 5.92 Å². The van der Waals surface area contributed by atoms with Gasteiger partial charge >= 0.3 is 0 Å². The summed E-state index contributed by atoms with van der Waals surface area (Å²) in [5, 5.41) is 3.24. The Morgan fingerprint density at radius 2 is 2.32 bits per heavy atom. The van der Waals surface area contributed by atoms with Gasteiger partial charge in [0.05, 0.1) is 10.1 Å². The summed E-state index contributed by atoms with van der Waals surface area (Å²) in [5.41, 5.74) is 0. The standard InChI is InChI=1S/C12H19ClN2O2S2/c13-12-4-3-11(18-12)5-7-15-19(16,17)9-10-2-1-6-14-8-10/h3-4,10,14-15H,1-2,5-9H2. The Labute approximate surface area is 123 Å². The van der Waals surface area contributed by atoms with E-state index in [0.29, 0.717) is 13.0 Å². The van der Waals surface area contributed by atoms with Gasteiger partial charge in [-0.2, -0.15) is 0 Å². The van der Waals surface area contributed by atoms with Gasteiger partial charge < -0.3 is 5.32 Å². The van der Waals surface area contributed by atoms with Crippen LogP contribution in [0.4, 0.5) is 0 Å². The molecule has 1 aromatic rings. The Morgan fingerprint density at radius 3 is 2.95 bits per heavy atom. The molecule has 0 amide bonds. The van der Waals surface area contributed by atoms with Crippen molar-refractivity contribution in [1.82, 2.24) is 10.0 Å². The van der Waals surface area contributed by atoms with E-state index in [1.54, 1.807) is 0 Å². The largest absolute Gasteiger partial charge is 0.316 e. The highest BCUT2D eigenvalue weighted by atomic mass is 35.5. The molecule has 0 radical (unpaired) electrons. The molecule has 0 aliphatic carbocycles. The molecule has 4 nitrogen and oxygen atoms in total. The quantitative estimate of drug-likeness (QED) is 0.840. The first-order valence-electron chi connectivity index (χ1n) is 6.47. The van der Waals surface area contributed by atoms with Crippen LogP contribution in [0.25, 0.3) is 0 Å². The molecule has 0 spiro atoms. The second kappa shape index (κ2) is 7.04. The lowest BCUT2D eigenvalue weighted by atomic mass is 10.0. The fraction of sp³-hybridized carbons (Fsp3) is 0.667. The zero-order valence-electron chi connectivity index (χ0n) is 10.7. The number of sulfonamides is 1. The molecule has 1 saturated heterocycles. The summed E-state index contributed by atoms with van der Waals surface area (Å²) >= 11 is 7.33. The Kier molecular flexibility index (Phi) is 5.65. The molecular formula is C12H19ClN2O2S2. The van der Waals surface area contributed by atoms with Crippen molar-refractivity contribution in [2.75, 3.05) is 25.4 Å². The molecule has 0 saturated carbocycles. The molecule has 19 heavy (non-hydrogen) atoms. The average molecular weight is 323 g/mol. The fourth-order valence-corrected chi connectivity index (χ4v) is 4.77. The van der Waals surface area contributed by atoms with Crippen molar-refractivity contribution in [3.8, 4) is 0 Å². The van der Waals surface area contributed by atoms with Gasteiger partial charge in [-0.15, -0.1) is 11.3 Å². The molecule has 2 N–H and O–H groups in total. The minimum absolute atomic E-state index is 0.227. The van der Waals surface area contributed by atoms with Crippen LogP contribution in [-0.2, 0) is 16.4 Å². The summed E-state index contributed by atoms with van der Waals surface area (Å²) in [6.07, 6.45) is 2.75. The molecule has 1 aliphatic rings. The van der Waals surface area contributed by atoms with Crippen LogP contribution in [0.1, 0.15) is 17.7 Å². The molecule has 0 aromatic carbocycles. The third-order valence-electron chi connectivity index (χ3n) is 3.18. The van der Waals surface area contributed by atoms with E-state index in [0.717, 1.165) is 35.1 Å². The van der Waals surface area contributed by atoms with Gasteiger partial charge in [0.1, 0.15) is 0 Å². The van der Waals surface area contributed by atoms with Crippen molar-refractivity contribution < 1.29 is 8.42 Å². The average Bonchev–Trinajstić information content (AvgIpc) is 2.75. The molecule has 1 unspecified atom stereocenters. The van der Waals surface area contributed by atoms with Crippen LogP contribution in [0.5, 0.6) is 0 Å². The molecule has 1 fully saturated rings. The number of halogens is 1. The van der Waals surface area contributed by atoms with Gasteiger partial charge in [0.25, 0.3) is 0 Å². The van der Waals surface area contributed by atoms with Gasteiger partial charge in [-0.05, 0) is 50.4 Å². The molecular weight excluding hydrogens is 304 g/mol. The number of nitrogens with one attached hydrogen (secondary N) is 2. The zero-order valence-corrected chi connectivity index (χ0v) is 13.1. The van der Waals surface area contributed by atoms with E-state index in [-0.39, 0.29) is 11.7 Å². The molecule has 108 valence electrons. The summed E-state index contributed by atoms with van der Waals surface area (Å²) in [4.78, 5) is 1.10. The number of hydrogen-bond acceptors (Lipinski definition) is 4. The SMILES string of the molecule is O=S(=O)(CC1CCCNC1)NCCc1ccc(Cl)s1. The second-order valence-electron chi connectivity index (χ2n) is 4.84. The predicted molar refractivity (Wildman–Crippen MR) is 80.4 cm³/mol. The van der Waals surface area contributed by atoms with Gasteiger partial charge in [-0.25, -0.2) is 13.1 Å². The van der Waals surface area contributed by atoms with Crippen LogP contribution in [0.2, 0.25) is 4.34 Å². The maximum absolute atomic E-state index is 11.9. The Morgan fingerprint density at radius 1 is 1.47 bits per heavy atom. The summed E-state index contributed by atoms with van der Waals surface area (Å²) in [6.45, 7) is 2.25. The van der Waals surface area contributed by atoms with Crippen LogP contribution >= 0.6 is 22.9 Å². The first-order valence-corrected chi connectivity index (χ1v) is 9.32. The minimum atomic E-state index is -3.16.